The standard InChI is InChI=1S/C21H15Br2N3O6S/c1-13-6-8-15(9-7-13)33(30,31)32-20-17(22)10-14(11-18(20)23)12-24-25-21(27)16-4-2-3-5-19(16)26(28)29/h2-12H,1H3,(H,25,27)/b24-12-. The summed E-state index contributed by atoms with van der Waals surface area (Å²) in [5.74, 6) is -0.711. The molecule has 0 unspecified atom stereocenters. The normalized spacial score (nSPS) is 11.4. The van der Waals surface area contributed by atoms with E-state index >= 15 is 0 Å². The van der Waals surface area contributed by atoms with Crippen LogP contribution in [-0.4, -0.2) is 25.5 Å². The minimum atomic E-state index is -4.06. The molecule has 0 fully saturated rings. The first kappa shape index (κ1) is 24.6. The Morgan fingerprint density at radius 2 is 1.70 bits per heavy atom. The quantitative estimate of drug-likeness (QED) is 0.178. The van der Waals surface area contributed by atoms with Crippen molar-refractivity contribution in [1.29, 1.82) is 0 Å². The molecular weight excluding hydrogens is 582 g/mol. The van der Waals surface area contributed by atoms with Gasteiger partial charge in [-0.25, -0.2) is 5.43 Å². The van der Waals surface area contributed by atoms with Crippen LogP contribution in [0.5, 0.6) is 5.75 Å². The largest absolute Gasteiger partial charge is 0.377 e. The van der Waals surface area contributed by atoms with Crippen LogP contribution in [0.15, 0.2) is 79.6 Å². The fourth-order valence-corrected chi connectivity index (χ4v) is 5.21. The lowest BCUT2D eigenvalue weighted by Crippen LogP contribution is -2.19. The molecule has 9 nitrogen and oxygen atoms in total. The number of nitro groups is 1. The van der Waals surface area contributed by atoms with Crippen molar-refractivity contribution in [2.24, 2.45) is 5.10 Å². The van der Waals surface area contributed by atoms with E-state index in [1.165, 1.54) is 54.7 Å². The van der Waals surface area contributed by atoms with Crippen LogP contribution in [0, 0.1) is 17.0 Å². The third-order valence-corrected chi connectivity index (χ3v) is 6.66. The van der Waals surface area contributed by atoms with Crippen molar-refractivity contribution < 1.29 is 22.3 Å². The van der Waals surface area contributed by atoms with Crippen molar-refractivity contribution in [3.05, 3.63) is 96.4 Å². The first-order valence-corrected chi connectivity index (χ1v) is 12.1. The number of nitro benzene ring substituents is 1. The van der Waals surface area contributed by atoms with Crippen LogP contribution in [0.2, 0.25) is 0 Å². The fourth-order valence-electron chi connectivity index (χ4n) is 2.65. The second-order valence-electron chi connectivity index (χ2n) is 6.64. The lowest BCUT2D eigenvalue weighted by atomic mass is 10.2. The van der Waals surface area contributed by atoms with Crippen LogP contribution >= 0.6 is 31.9 Å². The third-order valence-electron chi connectivity index (χ3n) is 4.25. The molecule has 0 radical (unpaired) electrons. The zero-order chi connectivity index (χ0) is 24.2. The summed E-state index contributed by atoms with van der Waals surface area (Å²) in [7, 11) is -4.06. The zero-order valence-corrected chi connectivity index (χ0v) is 20.8. The van der Waals surface area contributed by atoms with Gasteiger partial charge in [0.1, 0.15) is 10.5 Å². The Labute approximate surface area is 206 Å². The molecule has 0 saturated carbocycles. The number of carbonyl (C=O) groups is 1. The van der Waals surface area contributed by atoms with Gasteiger partial charge >= 0.3 is 10.1 Å². The molecule has 0 heterocycles. The smallest absolute Gasteiger partial charge is 0.339 e. The molecular formula is C21H15Br2N3O6S. The van der Waals surface area contributed by atoms with E-state index in [9.17, 15) is 23.3 Å². The molecule has 1 N–H and O–H groups in total. The second-order valence-corrected chi connectivity index (χ2v) is 9.89. The van der Waals surface area contributed by atoms with Crippen molar-refractivity contribution in [1.82, 2.24) is 5.43 Å². The third kappa shape index (κ3) is 6.03. The number of halogens is 2. The summed E-state index contributed by atoms with van der Waals surface area (Å²) in [5, 5.41) is 14.9. The maximum Gasteiger partial charge on any atom is 0.339 e. The van der Waals surface area contributed by atoms with E-state index in [1.807, 2.05) is 6.92 Å². The molecule has 33 heavy (non-hydrogen) atoms. The number of hydrogen-bond acceptors (Lipinski definition) is 7. The van der Waals surface area contributed by atoms with Gasteiger partial charge in [0.2, 0.25) is 0 Å². The van der Waals surface area contributed by atoms with E-state index in [2.05, 4.69) is 42.4 Å². The zero-order valence-electron chi connectivity index (χ0n) is 16.9. The molecule has 12 heteroatoms. The summed E-state index contributed by atoms with van der Waals surface area (Å²) in [4.78, 5) is 22.6. The van der Waals surface area contributed by atoms with Crippen molar-refractivity contribution in [2.75, 3.05) is 0 Å². The van der Waals surface area contributed by atoms with Gasteiger partial charge in [0.25, 0.3) is 11.6 Å². The van der Waals surface area contributed by atoms with Crippen LogP contribution in [0.1, 0.15) is 21.5 Å². The lowest BCUT2D eigenvalue weighted by molar-refractivity contribution is -0.385. The Morgan fingerprint density at radius 1 is 1.09 bits per heavy atom. The monoisotopic (exact) mass is 595 g/mol. The minimum absolute atomic E-state index is 0.00950. The van der Waals surface area contributed by atoms with Gasteiger partial charge in [-0.05, 0) is 74.7 Å². The summed E-state index contributed by atoms with van der Waals surface area (Å²) in [5.41, 5.74) is 3.15. The molecule has 0 aliphatic carbocycles. The average molecular weight is 597 g/mol. The van der Waals surface area contributed by atoms with Crippen LogP contribution in [-0.2, 0) is 10.1 Å². The van der Waals surface area contributed by atoms with Crippen LogP contribution in [0.25, 0.3) is 0 Å². The van der Waals surface area contributed by atoms with E-state index in [4.69, 9.17) is 4.18 Å². The number of rotatable bonds is 7. The van der Waals surface area contributed by atoms with Gasteiger partial charge in [-0.2, -0.15) is 13.5 Å². The highest BCUT2D eigenvalue weighted by molar-refractivity contribution is 9.11. The number of nitrogens with zero attached hydrogens (tertiary/aromatic N) is 2. The molecule has 0 aliphatic heterocycles. The number of benzene rings is 3. The molecule has 3 rings (SSSR count). The van der Waals surface area contributed by atoms with Crippen molar-refractivity contribution in [3.8, 4) is 5.75 Å². The number of para-hydroxylation sites is 1. The minimum Gasteiger partial charge on any atom is -0.377 e. The number of amides is 1. The molecule has 1 amide bonds. The summed E-state index contributed by atoms with van der Waals surface area (Å²) >= 11 is 6.55. The van der Waals surface area contributed by atoms with Crippen molar-refractivity contribution in [2.45, 2.75) is 11.8 Å². The predicted molar refractivity (Wildman–Crippen MR) is 129 cm³/mol. The van der Waals surface area contributed by atoms with E-state index < -0.39 is 20.9 Å². The van der Waals surface area contributed by atoms with E-state index in [0.29, 0.717) is 14.5 Å². The van der Waals surface area contributed by atoms with Crippen molar-refractivity contribution >= 4 is 59.8 Å². The van der Waals surface area contributed by atoms with Gasteiger partial charge in [-0.15, -0.1) is 0 Å². The molecule has 0 bridgehead atoms. The Morgan fingerprint density at radius 3 is 2.30 bits per heavy atom. The van der Waals surface area contributed by atoms with E-state index in [1.54, 1.807) is 12.1 Å². The number of hydrogen-bond donors (Lipinski definition) is 1. The van der Waals surface area contributed by atoms with Crippen LogP contribution in [0.4, 0.5) is 5.69 Å². The first-order chi connectivity index (χ1) is 15.6. The van der Waals surface area contributed by atoms with Crippen LogP contribution < -0.4 is 9.61 Å². The van der Waals surface area contributed by atoms with E-state index in [0.717, 1.165) is 5.56 Å². The molecule has 0 saturated heterocycles. The fraction of sp³-hybridized carbons (Fsp3) is 0.0476. The van der Waals surface area contributed by atoms with Crippen LogP contribution in [0.3, 0.4) is 0 Å². The van der Waals surface area contributed by atoms with Gasteiger partial charge in [0.15, 0.2) is 5.75 Å². The molecule has 0 spiro atoms. The molecule has 3 aromatic carbocycles. The van der Waals surface area contributed by atoms with Gasteiger partial charge in [-0.1, -0.05) is 29.8 Å². The maximum atomic E-state index is 12.6. The highest BCUT2D eigenvalue weighted by Crippen LogP contribution is 2.36. The van der Waals surface area contributed by atoms with Crippen molar-refractivity contribution in [3.63, 3.8) is 0 Å². The molecule has 0 atom stereocenters. The molecule has 3 aromatic rings. The molecule has 0 aromatic heterocycles. The Hall–Kier alpha value is -3.09. The van der Waals surface area contributed by atoms with E-state index in [-0.39, 0.29) is 21.9 Å². The predicted octanol–water partition coefficient (Wildman–Crippen LogP) is 4.96. The summed E-state index contributed by atoms with van der Waals surface area (Å²) in [6.07, 6.45) is 1.29. The average Bonchev–Trinajstić information content (AvgIpc) is 2.76. The highest BCUT2D eigenvalue weighted by atomic mass is 79.9. The molecule has 0 aliphatic rings. The maximum absolute atomic E-state index is 12.6. The Kier molecular flexibility index (Phi) is 7.61. The Bertz CT molecular complexity index is 1340. The second kappa shape index (κ2) is 10.2. The molecule has 170 valence electrons. The Balaban J connectivity index is 1.76. The summed E-state index contributed by atoms with van der Waals surface area (Å²) < 4.78 is 31.1. The van der Waals surface area contributed by atoms with Gasteiger partial charge in [0, 0.05) is 6.07 Å². The number of hydrazone groups is 1. The number of aryl methyl sites for hydroxylation is 1. The summed E-state index contributed by atoms with van der Waals surface area (Å²) in [6.45, 7) is 1.84. The van der Waals surface area contributed by atoms with Gasteiger partial charge in [0.05, 0.1) is 20.1 Å². The number of carbonyl (C=O) groups excluding carboxylic acids is 1. The van der Waals surface area contributed by atoms with Gasteiger partial charge < -0.3 is 4.18 Å². The SMILES string of the molecule is Cc1ccc(S(=O)(=O)Oc2c(Br)cc(/C=N\NC(=O)c3ccccc3[N+](=O)[O-])cc2Br)cc1. The highest BCUT2D eigenvalue weighted by Gasteiger charge is 2.21. The topological polar surface area (TPSA) is 128 Å². The lowest BCUT2D eigenvalue weighted by Gasteiger charge is -2.11. The first-order valence-electron chi connectivity index (χ1n) is 9.15. The number of nitrogens with one attached hydrogen (secondary N) is 1. The summed E-state index contributed by atoms with van der Waals surface area (Å²) in [6, 6.07) is 14.8. The van der Waals surface area contributed by atoms with Gasteiger partial charge in [-0.3, -0.25) is 14.9 Å².